The molecule has 1 aromatic rings. The van der Waals surface area contributed by atoms with Crippen LogP contribution in [0.4, 0.5) is 5.69 Å². The van der Waals surface area contributed by atoms with Gasteiger partial charge in [0.1, 0.15) is 0 Å². The molecule has 4 nitrogen and oxygen atoms in total. The number of nitrogens with two attached hydrogens (primary N) is 1. The minimum atomic E-state index is -0.513. The predicted molar refractivity (Wildman–Crippen MR) is 88.4 cm³/mol. The van der Waals surface area contributed by atoms with E-state index in [9.17, 15) is 4.79 Å². The SMILES string of the molecule is Cc1cccc(N2CCN(C(=O)C3(C(N)=S)CC3)CC2)c1. The van der Waals surface area contributed by atoms with Gasteiger partial charge in [-0.1, -0.05) is 24.4 Å². The number of rotatable bonds is 3. The number of thiocarbonyl (C=S) groups is 1. The van der Waals surface area contributed by atoms with Crippen LogP contribution in [0, 0.1) is 12.3 Å². The van der Waals surface area contributed by atoms with Crippen LogP contribution in [-0.2, 0) is 4.79 Å². The van der Waals surface area contributed by atoms with Crippen molar-refractivity contribution in [1.82, 2.24) is 4.90 Å². The van der Waals surface area contributed by atoms with E-state index in [0.717, 1.165) is 39.0 Å². The van der Waals surface area contributed by atoms with Crippen molar-refractivity contribution in [2.45, 2.75) is 19.8 Å². The number of nitrogens with zero attached hydrogens (tertiary/aromatic N) is 2. The molecule has 112 valence electrons. The molecule has 0 spiro atoms. The first-order valence-electron chi connectivity index (χ1n) is 7.44. The lowest BCUT2D eigenvalue weighted by molar-refractivity contribution is -0.134. The first-order chi connectivity index (χ1) is 10.0. The lowest BCUT2D eigenvalue weighted by atomic mass is 10.0. The van der Waals surface area contributed by atoms with Crippen molar-refractivity contribution in [2.24, 2.45) is 11.1 Å². The van der Waals surface area contributed by atoms with E-state index in [2.05, 4.69) is 36.1 Å². The Labute approximate surface area is 130 Å². The number of anilines is 1. The van der Waals surface area contributed by atoms with Crippen molar-refractivity contribution >= 4 is 28.8 Å². The number of carbonyl (C=O) groups is 1. The van der Waals surface area contributed by atoms with Gasteiger partial charge in [0.2, 0.25) is 5.91 Å². The Kier molecular flexibility index (Phi) is 3.61. The normalized spacial score (nSPS) is 20.2. The van der Waals surface area contributed by atoms with Crippen LogP contribution in [0.2, 0.25) is 0 Å². The summed E-state index contributed by atoms with van der Waals surface area (Å²) >= 11 is 5.07. The van der Waals surface area contributed by atoms with Gasteiger partial charge in [-0.2, -0.15) is 0 Å². The van der Waals surface area contributed by atoms with Gasteiger partial charge in [0.15, 0.2) is 0 Å². The van der Waals surface area contributed by atoms with Crippen molar-refractivity contribution in [3.8, 4) is 0 Å². The average molecular weight is 303 g/mol. The van der Waals surface area contributed by atoms with Crippen LogP contribution in [-0.4, -0.2) is 42.0 Å². The summed E-state index contributed by atoms with van der Waals surface area (Å²) in [6.45, 7) is 5.32. The maximum Gasteiger partial charge on any atom is 0.235 e. The molecule has 1 saturated carbocycles. The largest absolute Gasteiger partial charge is 0.392 e. The highest BCUT2D eigenvalue weighted by atomic mass is 32.1. The topological polar surface area (TPSA) is 49.6 Å². The summed E-state index contributed by atoms with van der Waals surface area (Å²) in [5, 5.41) is 0. The average Bonchev–Trinajstić information content (AvgIpc) is 3.28. The van der Waals surface area contributed by atoms with E-state index < -0.39 is 5.41 Å². The molecule has 1 saturated heterocycles. The molecule has 0 unspecified atom stereocenters. The molecule has 2 N–H and O–H groups in total. The van der Waals surface area contributed by atoms with E-state index in [0.29, 0.717) is 4.99 Å². The van der Waals surface area contributed by atoms with Gasteiger partial charge in [0.25, 0.3) is 0 Å². The van der Waals surface area contributed by atoms with E-state index in [1.54, 1.807) is 0 Å². The standard InChI is InChI=1S/C16H21N3OS/c1-12-3-2-4-13(11-12)18-7-9-19(10-8-18)15(20)16(5-6-16)14(17)21/h2-4,11H,5-10H2,1H3,(H2,17,21). The molecule has 0 atom stereocenters. The minimum absolute atomic E-state index is 0.138. The molecule has 21 heavy (non-hydrogen) atoms. The number of benzene rings is 1. The first-order valence-corrected chi connectivity index (χ1v) is 7.85. The Balaban J connectivity index is 1.63. The molecule has 3 rings (SSSR count). The lowest BCUT2D eigenvalue weighted by Gasteiger charge is -2.37. The van der Waals surface area contributed by atoms with Gasteiger partial charge in [-0.15, -0.1) is 0 Å². The molecule has 2 fully saturated rings. The maximum absolute atomic E-state index is 12.6. The van der Waals surface area contributed by atoms with Crippen molar-refractivity contribution in [1.29, 1.82) is 0 Å². The van der Waals surface area contributed by atoms with Crippen molar-refractivity contribution in [3.63, 3.8) is 0 Å². The Morgan fingerprint density at radius 2 is 1.90 bits per heavy atom. The molecular weight excluding hydrogens is 282 g/mol. The van der Waals surface area contributed by atoms with Crippen LogP contribution in [0.25, 0.3) is 0 Å². The summed E-state index contributed by atoms with van der Waals surface area (Å²) in [7, 11) is 0. The Hall–Kier alpha value is -1.62. The van der Waals surface area contributed by atoms with Gasteiger partial charge in [0.05, 0.1) is 10.4 Å². The van der Waals surface area contributed by atoms with Crippen LogP contribution in [0.3, 0.4) is 0 Å². The second-order valence-corrected chi connectivity index (χ2v) is 6.50. The zero-order valence-corrected chi connectivity index (χ0v) is 13.2. The van der Waals surface area contributed by atoms with E-state index in [-0.39, 0.29) is 5.91 Å². The van der Waals surface area contributed by atoms with Crippen molar-refractivity contribution in [3.05, 3.63) is 29.8 Å². The Morgan fingerprint density at radius 3 is 2.43 bits per heavy atom. The summed E-state index contributed by atoms with van der Waals surface area (Å²) < 4.78 is 0. The third-order valence-corrected chi connectivity index (χ3v) is 4.96. The molecule has 0 aromatic heterocycles. The van der Waals surface area contributed by atoms with Crippen molar-refractivity contribution in [2.75, 3.05) is 31.1 Å². The summed E-state index contributed by atoms with van der Waals surface area (Å²) in [4.78, 5) is 17.2. The van der Waals surface area contributed by atoms with E-state index in [1.807, 2.05) is 4.90 Å². The highest BCUT2D eigenvalue weighted by Crippen LogP contribution is 2.47. The third-order valence-electron chi connectivity index (χ3n) is 4.56. The number of hydrogen-bond acceptors (Lipinski definition) is 3. The Morgan fingerprint density at radius 1 is 1.24 bits per heavy atom. The lowest BCUT2D eigenvalue weighted by Crippen LogP contribution is -2.52. The summed E-state index contributed by atoms with van der Waals surface area (Å²) in [6, 6.07) is 8.49. The molecule has 0 bridgehead atoms. The molecule has 1 aliphatic carbocycles. The minimum Gasteiger partial charge on any atom is -0.392 e. The fourth-order valence-electron chi connectivity index (χ4n) is 2.99. The van der Waals surface area contributed by atoms with Gasteiger partial charge in [-0.05, 0) is 37.5 Å². The van der Waals surface area contributed by atoms with E-state index in [1.165, 1.54) is 11.3 Å². The molecule has 1 amide bonds. The van der Waals surface area contributed by atoms with Gasteiger partial charge >= 0.3 is 0 Å². The molecule has 1 aromatic carbocycles. The van der Waals surface area contributed by atoms with Crippen LogP contribution in [0.1, 0.15) is 18.4 Å². The van der Waals surface area contributed by atoms with Crippen LogP contribution < -0.4 is 10.6 Å². The van der Waals surface area contributed by atoms with Crippen molar-refractivity contribution < 1.29 is 4.79 Å². The summed E-state index contributed by atoms with van der Waals surface area (Å²) in [6.07, 6.45) is 1.64. The van der Waals surface area contributed by atoms with Crippen LogP contribution >= 0.6 is 12.2 Å². The van der Waals surface area contributed by atoms with Gasteiger partial charge in [0, 0.05) is 31.9 Å². The number of hydrogen-bond donors (Lipinski definition) is 1. The number of piperazine rings is 1. The first kappa shape index (κ1) is 14.3. The van der Waals surface area contributed by atoms with Crippen LogP contribution in [0.15, 0.2) is 24.3 Å². The molecule has 1 aliphatic heterocycles. The third kappa shape index (κ3) is 2.62. The number of aryl methyl sites for hydroxylation is 1. The number of carbonyl (C=O) groups excluding carboxylic acids is 1. The predicted octanol–water partition coefficient (Wildman–Crippen LogP) is 1.71. The summed E-state index contributed by atoms with van der Waals surface area (Å²) in [5.74, 6) is 0.138. The molecular formula is C16H21N3OS. The van der Waals surface area contributed by atoms with Crippen LogP contribution in [0.5, 0.6) is 0 Å². The highest BCUT2D eigenvalue weighted by molar-refractivity contribution is 7.80. The van der Waals surface area contributed by atoms with Gasteiger partial charge < -0.3 is 15.5 Å². The second-order valence-electron chi connectivity index (χ2n) is 6.06. The fraction of sp³-hybridized carbons (Fsp3) is 0.500. The van der Waals surface area contributed by atoms with E-state index >= 15 is 0 Å². The molecule has 5 heteroatoms. The fourth-order valence-corrected chi connectivity index (χ4v) is 3.28. The Bertz CT molecular complexity index is 575. The zero-order chi connectivity index (χ0) is 15.0. The maximum atomic E-state index is 12.6. The zero-order valence-electron chi connectivity index (χ0n) is 12.3. The molecule has 1 heterocycles. The molecule has 2 aliphatic rings. The van der Waals surface area contributed by atoms with E-state index in [4.69, 9.17) is 18.0 Å². The number of amides is 1. The second kappa shape index (κ2) is 5.30. The van der Waals surface area contributed by atoms with Gasteiger partial charge in [-0.25, -0.2) is 0 Å². The monoisotopic (exact) mass is 303 g/mol. The van der Waals surface area contributed by atoms with Gasteiger partial charge in [-0.3, -0.25) is 4.79 Å². The quantitative estimate of drug-likeness (QED) is 0.864. The summed E-state index contributed by atoms with van der Waals surface area (Å²) in [5.41, 5.74) is 7.73. The highest BCUT2D eigenvalue weighted by Gasteiger charge is 2.54. The smallest absolute Gasteiger partial charge is 0.235 e. The molecule has 0 radical (unpaired) electrons.